The lowest BCUT2D eigenvalue weighted by Crippen LogP contribution is -2.21. The molecule has 5 heteroatoms. The van der Waals surface area contributed by atoms with Gasteiger partial charge in [-0.05, 0) is 17.8 Å². The Kier molecular flexibility index (Phi) is 3.61. The summed E-state index contributed by atoms with van der Waals surface area (Å²) < 4.78 is 20.7. The molecule has 0 aromatic rings. The fourth-order valence-electron chi connectivity index (χ4n) is 3.44. The van der Waals surface area contributed by atoms with E-state index in [1.165, 1.54) is 0 Å². The minimum Gasteiger partial charge on any atom is -0.270 e. The first-order chi connectivity index (χ1) is 9.28. The van der Waals surface area contributed by atoms with Gasteiger partial charge >= 0.3 is 0 Å². The van der Waals surface area contributed by atoms with Crippen molar-refractivity contribution in [2.75, 3.05) is 19.6 Å². The molecule has 0 saturated carbocycles. The monoisotopic (exact) mass is 299 g/mol. The fraction of sp³-hybridized carbons (Fsp3) is 1.00. The van der Waals surface area contributed by atoms with Crippen molar-refractivity contribution >= 4 is 7.59 Å². The fourth-order valence-corrected chi connectivity index (χ4v) is 7.42. The summed E-state index contributed by atoms with van der Waals surface area (Å²) in [5.41, 5.74) is 0. The average Bonchev–Trinajstić information content (AvgIpc) is 3.28. The summed E-state index contributed by atoms with van der Waals surface area (Å²) in [6, 6.07) is 1.59. The second-order valence-corrected chi connectivity index (χ2v) is 10.4. The van der Waals surface area contributed by atoms with E-state index in [4.69, 9.17) is 0 Å². The van der Waals surface area contributed by atoms with Gasteiger partial charge in [0.1, 0.15) is 0 Å². The van der Waals surface area contributed by atoms with Crippen molar-refractivity contribution in [1.29, 1.82) is 0 Å². The zero-order valence-electron chi connectivity index (χ0n) is 13.8. The maximum absolute atomic E-state index is 13.8. The van der Waals surface area contributed by atoms with Gasteiger partial charge in [0.2, 0.25) is 0 Å². The Hall–Kier alpha value is 0.110. The van der Waals surface area contributed by atoms with Gasteiger partial charge in [0.25, 0.3) is 7.59 Å². The van der Waals surface area contributed by atoms with Crippen molar-refractivity contribution in [1.82, 2.24) is 14.0 Å². The molecule has 20 heavy (non-hydrogen) atoms. The Labute approximate surface area is 124 Å². The van der Waals surface area contributed by atoms with Crippen molar-refractivity contribution in [2.45, 2.75) is 59.7 Å². The van der Waals surface area contributed by atoms with Gasteiger partial charge < -0.3 is 0 Å². The van der Waals surface area contributed by atoms with E-state index in [9.17, 15) is 4.57 Å². The van der Waals surface area contributed by atoms with Crippen LogP contribution in [0.2, 0.25) is 0 Å². The minimum absolute atomic E-state index is 0.530. The van der Waals surface area contributed by atoms with Gasteiger partial charge in [-0.15, -0.1) is 0 Å². The lowest BCUT2D eigenvalue weighted by molar-refractivity contribution is 0.418. The Balaban J connectivity index is 1.78. The molecule has 3 aliphatic heterocycles. The highest BCUT2D eigenvalue weighted by Crippen LogP contribution is 2.71. The summed E-state index contributed by atoms with van der Waals surface area (Å²) in [6.07, 6.45) is 0. The summed E-state index contributed by atoms with van der Waals surface area (Å²) in [5.74, 6) is 1.83. The second-order valence-electron chi connectivity index (χ2n) is 7.81. The molecule has 0 radical (unpaired) electrons. The number of hydrogen-bond donors (Lipinski definition) is 0. The molecule has 0 aliphatic carbocycles. The standard InChI is InChI=1S/C15H30N3OP/c1-10(2)13-7-16(13)20(19,17-8-14(17)11(3)4)18-9-15(18)12(5)6/h10-15H,7-9H2,1-6H3. The van der Waals surface area contributed by atoms with E-state index >= 15 is 0 Å². The van der Waals surface area contributed by atoms with Crippen molar-refractivity contribution in [3.8, 4) is 0 Å². The summed E-state index contributed by atoms with van der Waals surface area (Å²) in [7, 11) is -2.43. The highest BCUT2D eigenvalue weighted by Gasteiger charge is 2.66. The third-order valence-corrected chi connectivity index (χ3v) is 8.57. The van der Waals surface area contributed by atoms with Gasteiger partial charge in [0.05, 0.1) is 0 Å². The van der Waals surface area contributed by atoms with Crippen LogP contribution in [0.4, 0.5) is 0 Å². The lowest BCUT2D eigenvalue weighted by atomic mass is 10.1. The van der Waals surface area contributed by atoms with Crippen molar-refractivity contribution in [3.63, 3.8) is 0 Å². The molecule has 0 N–H and O–H groups in total. The highest BCUT2D eigenvalue weighted by molar-refractivity contribution is 7.57. The van der Waals surface area contributed by atoms with E-state index in [0.717, 1.165) is 19.6 Å². The zero-order chi connectivity index (χ0) is 14.8. The van der Waals surface area contributed by atoms with Crippen molar-refractivity contribution in [3.05, 3.63) is 0 Å². The van der Waals surface area contributed by atoms with E-state index in [2.05, 4.69) is 55.6 Å². The molecule has 3 saturated heterocycles. The topological polar surface area (TPSA) is 26.1 Å². The van der Waals surface area contributed by atoms with Crippen LogP contribution in [-0.2, 0) is 4.57 Å². The van der Waals surface area contributed by atoms with Crippen LogP contribution in [0.1, 0.15) is 41.5 Å². The molecule has 3 fully saturated rings. The van der Waals surface area contributed by atoms with E-state index in [-0.39, 0.29) is 0 Å². The molecule has 6 atom stereocenters. The molecular formula is C15H30N3OP. The average molecular weight is 299 g/mol. The van der Waals surface area contributed by atoms with Crippen LogP contribution in [0, 0.1) is 17.8 Å². The van der Waals surface area contributed by atoms with Crippen LogP contribution < -0.4 is 0 Å². The Morgan fingerprint density at radius 1 is 0.700 bits per heavy atom. The quantitative estimate of drug-likeness (QED) is 0.556. The van der Waals surface area contributed by atoms with Gasteiger partial charge in [-0.25, -0.2) is 14.0 Å². The summed E-state index contributed by atoms with van der Waals surface area (Å²) in [5, 5.41) is 0. The smallest absolute Gasteiger partial charge is 0.270 e. The normalized spacial score (nSPS) is 45.9. The maximum atomic E-state index is 13.8. The number of nitrogens with zero attached hydrogens (tertiary/aromatic N) is 3. The third kappa shape index (κ3) is 2.29. The largest absolute Gasteiger partial charge is 0.287 e. The molecule has 6 unspecified atom stereocenters. The lowest BCUT2D eigenvalue weighted by Gasteiger charge is -2.26. The van der Waals surface area contributed by atoms with Crippen molar-refractivity contribution in [2.24, 2.45) is 17.8 Å². The van der Waals surface area contributed by atoms with Gasteiger partial charge in [0, 0.05) is 37.8 Å². The minimum atomic E-state index is -2.43. The van der Waals surface area contributed by atoms with Crippen LogP contribution in [0.3, 0.4) is 0 Å². The zero-order valence-corrected chi connectivity index (χ0v) is 14.7. The van der Waals surface area contributed by atoms with Gasteiger partial charge in [-0.1, -0.05) is 41.5 Å². The maximum Gasteiger partial charge on any atom is 0.287 e. The number of rotatable bonds is 6. The van der Waals surface area contributed by atoms with Gasteiger partial charge in [0.15, 0.2) is 0 Å². The van der Waals surface area contributed by atoms with E-state index in [1.54, 1.807) is 0 Å². The van der Waals surface area contributed by atoms with Crippen LogP contribution in [0.15, 0.2) is 0 Å². The Morgan fingerprint density at radius 2 is 0.950 bits per heavy atom. The molecule has 0 aromatic heterocycles. The van der Waals surface area contributed by atoms with Crippen LogP contribution in [0.5, 0.6) is 0 Å². The molecule has 0 spiro atoms. The first-order valence-corrected chi connectivity index (χ1v) is 9.76. The predicted octanol–water partition coefficient (Wildman–Crippen LogP) is 3.12. The van der Waals surface area contributed by atoms with Crippen LogP contribution in [0.25, 0.3) is 0 Å². The van der Waals surface area contributed by atoms with Crippen molar-refractivity contribution < 1.29 is 4.57 Å². The summed E-state index contributed by atoms with van der Waals surface area (Å²) in [4.78, 5) is 0. The Morgan fingerprint density at radius 3 is 1.10 bits per heavy atom. The summed E-state index contributed by atoms with van der Waals surface area (Å²) in [6.45, 7) is 16.6. The summed E-state index contributed by atoms with van der Waals surface area (Å²) >= 11 is 0. The van der Waals surface area contributed by atoms with E-state index in [1.807, 2.05) is 0 Å². The second kappa shape index (κ2) is 4.81. The molecule has 0 amide bonds. The molecule has 0 bridgehead atoms. The Bertz CT molecular complexity index is 375. The molecule has 116 valence electrons. The molecule has 4 nitrogen and oxygen atoms in total. The van der Waals surface area contributed by atoms with E-state index in [0.29, 0.717) is 35.9 Å². The molecule has 3 heterocycles. The number of hydrogen-bond acceptors (Lipinski definition) is 1. The predicted molar refractivity (Wildman–Crippen MR) is 83.6 cm³/mol. The molecule has 3 rings (SSSR count). The van der Waals surface area contributed by atoms with Gasteiger partial charge in [-0.2, -0.15) is 0 Å². The molecule has 3 aliphatic rings. The molecular weight excluding hydrogens is 269 g/mol. The van der Waals surface area contributed by atoms with Crippen LogP contribution in [-0.4, -0.2) is 51.8 Å². The van der Waals surface area contributed by atoms with E-state index < -0.39 is 7.59 Å². The third-order valence-electron chi connectivity index (χ3n) is 5.18. The van der Waals surface area contributed by atoms with Crippen LogP contribution >= 0.6 is 7.59 Å². The van der Waals surface area contributed by atoms with Gasteiger partial charge in [-0.3, -0.25) is 4.57 Å². The molecule has 0 aromatic carbocycles. The first kappa shape index (κ1) is 15.0. The highest BCUT2D eigenvalue weighted by atomic mass is 31.2. The first-order valence-electron chi connectivity index (χ1n) is 8.19. The SMILES string of the molecule is CC(C)C1CN1P(=O)(N1CC1C(C)C)N1CC1C(C)C.